The molecule has 3 N–H and O–H groups in total. The van der Waals surface area contributed by atoms with E-state index in [1.54, 1.807) is 6.07 Å². The molecule has 2 nitrogen and oxygen atoms in total. The molecule has 1 rings (SSSR count). The van der Waals surface area contributed by atoms with E-state index in [4.69, 9.17) is 17.3 Å². The average molecular weight is 241 g/mol. The smallest absolute Gasteiger partial charge is 0.0657 e. The van der Waals surface area contributed by atoms with Crippen molar-refractivity contribution in [1.29, 1.82) is 0 Å². The molecule has 0 aliphatic heterocycles. The first-order chi connectivity index (χ1) is 7.59. The molecule has 1 aromatic carbocycles. The Morgan fingerprint density at radius 3 is 2.69 bits per heavy atom. The summed E-state index contributed by atoms with van der Waals surface area (Å²) < 4.78 is 0. The minimum atomic E-state index is 0.698. The summed E-state index contributed by atoms with van der Waals surface area (Å²) in [6.45, 7) is 5.48. The van der Waals surface area contributed by atoms with E-state index in [-0.39, 0.29) is 0 Å². The zero-order chi connectivity index (χ0) is 12.0. The lowest BCUT2D eigenvalue weighted by Gasteiger charge is -2.09. The van der Waals surface area contributed by atoms with Crippen LogP contribution in [-0.2, 0) is 0 Å². The predicted molar refractivity (Wildman–Crippen MR) is 73.0 cm³/mol. The van der Waals surface area contributed by atoms with Gasteiger partial charge in [0.25, 0.3) is 0 Å². The molecule has 16 heavy (non-hydrogen) atoms. The maximum absolute atomic E-state index is 6.05. The molecule has 0 saturated carbocycles. The molecule has 0 heterocycles. The lowest BCUT2D eigenvalue weighted by atomic mass is 10.1. The van der Waals surface area contributed by atoms with Gasteiger partial charge in [-0.3, -0.25) is 0 Å². The van der Waals surface area contributed by atoms with E-state index >= 15 is 0 Å². The SMILES string of the molecule is CC(C)CCCCNc1ccc(N)cc1Cl. The summed E-state index contributed by atoms with van der Waals surface area (Å²) in [5, 5.41) is 4.02. The van der Waals surface area contributed by atoms with E-state index in [1.807, 2.05) is 12.1 Å². The molecule has 0 fully saturated rings. The van der Waals surface area contributed by atoms with E-state index in [1.165, 1.54) is 19.3 Å². The van der Waals surface area contributed by atoms with E-state index in [0.717, 1.165) is 18.2 Å². The highest BCUT2D eigenvalue weighted by Crippen LogP contribution is 2.23. The Kier molecular flexibility index (Phi) is 5.47. The first-order valence-corrected chi connectivity index (χ1v) is 6.26. The normalized spacial score (nSPS) is 10.8. The number of nitrogen functional groups attached to an aromatic ring is 1. The topological polar surface area (TPSA) is 38.0 Å². The van der Waals surface area contributed by atoms with Crippen LogP contribution in [0.5, 0.6) is 0 Å². The van der Waals surface area contributed by atoms with Gasteiger partial charge in [0.15, 0.2) is 0 Å². The van der Waals surface area contributed by atoms with Crippen molar-refractivity contribution in [2.45, 2.75) is 33.1 Å². The molecule has 0 atom stereocenters. The van der Waals surface area contributed by atoms with Crippen molar-refractivity contribution >= 4 is 23.0 Å². The summed E-state index contributed by atoms with van der Waals surface area (Å²) in [6.07, 6.45) is 3.73. The van der Waals surface area contributed by atoms with Crippen molar-refractivity contribution in [3.63, 3.8) is 0 Å². The number of hydrogen-bond acceptors (Lipinski definition) is 2. The van der Waals surface area contributed by atoms with Crippen LogP contribution in [0.4, 0.5) is 11.4 Å². The lowest BCUT2D eigenvalue weighted by molar-refractivity contribution is 0.545. The number of unbranched alkanes of at least 4 members (excludes halogenated alkanes) is 1. The van der Waals surface area contributed by atoms with Crippen LogP contribution in [0, 0.1) is 5.92 Å². The summed E-state index contributed by atoms with van der Waals surface area (Å²) in [4.78, 5) is 0. The van der Waals surface area contributed by atoms with Crippen LogP contribution in [0.25, 0.3) is 0 Å². The quantitative estimate of drug-likeness (QED) is 0.579. The van der Waals surface area contributed by atoms with Gasteiger partial charge in [0.05, 0.1) is 10.7 Å². The lowest BCUT2D eigenvalue weighted by Crippen LogP contribution is -2.02. The van der Waals surface area contributed by atoms with Crippen LogP contribution >= 0.6 is 11.6 Å². The van der Waals surface area contributed by atoms with E-state index in [2.05, 4.69) is 19.2 Å². The Morgan fingerprint density at radius 1 is 1.31 bits per heavy atom. The summed E-state index contributed by atoms with van der Waals surface area (Å²) in [5.41, 5.74) is 7.30. The van der Waals surface area contributed by atoms with E-state index < -0.39 is 0 Å². The maximum atomic E-state index is 6.05. The number of nitrogens with two attached hydrogens (primary N) is 1. The third kappa shape index (κ3) is 4.75. The molecule has 0 aliphatic rings. The summed E-state index contributed by atoms with van der Waals surface area (Å²) in [6, 6.07) is 5.57. The van der Waals surface area contributed by atoms with Gasteiger partial charge in [-0.15, -0.1) is 0 Å². The summed E-state index contributed by atoms with van der Waals surface area (Å²) in [7, 11) is 0. The molecule has 90 valence electrons. The summed E-state index contributed by atoms with van der Waals surface area (Å²) in [5.74, 6) is 0.792. The van der Waals surface area contributed by atoms with Gasteiger partial charge in [-0.2, -0.15) is 0 Å². The van der Waals surface area contributed by atoms with Crippen molar-refractivity contribution in [2.24, 2.45) is 5.92 Å². The molecule has 0 amide bonds. The van der Waals surface area contributed by atoms with Gasteiger partial charge >= 0.3 is 0 Å². The number of rotatable bonds is 6. The Morgan fingerprint density at radius 2 is 2.06 bits per heavy atom. The van der Waals surface area contributed by atoms with Crippen molar-refractivity contribution in [3.05, 3.63) is 23.2 Å². The minimum absolute atomic E-state index is 0.698. The molecule has 0 bridgehead atoms. The Labute approximate surface area is 103 Å². The van der Waals surface area contributed by atoms with Crippen LogP contribution < -0.4 is 11.1 Å². The molecule has 0 spiro atoms. The van der Waals surface area contributed by atoms with Gasteiger partial charge in [-0.1, -0.05) is 38.3 Å². The fourth-order valence-corrected chi connectivity index (χ4v) is 1.83. The van der Waals surface area contributed by atoms with Crippen molar-refractivity contribution < 1.29 is 0 Å². The Hall–Kier alpha value is -0.890. The largest absolute Gasteiger partial charge is 0.399 e. The Balaban J connectivity index is 2.27. The highest BCUT2D eigenvalue weighted by Gasteiger charge is 1.99. The molecule has 0 radical (unpaired) electrons. The molecule has 0 aromatic heterocycles. The van der Waals surface area contributed by atoms with Crippen LogP contribution in [0.1, 0.15) is 33.1 Å². The maximum Gasteiger partial charge on any atom is 0.0657 e. The van der Waals surface area contributed by atoms with Gasteiger partial charge in [-0.05, 0) is 30.5 Å². The van der Waals surface area contributed by atoms with Crippen LogP contribution in [0.3, 0.4) is 0 Å². The highest BCUT2D eigenvalue weighted by atomic mass is 35.5. The monoisotopic (exact) mass is 240 g/mol. The van der Waals surface area contributed by atoms with Crippen molar-refractivity contribution in [1.82, 2.24) is 0 Å². The molecule has 3 heteroatoms. The van der Waals surface area contributed by atoms with Gasteiger partial charge < -0.3 is 11.1 Å². The second-order valence-electron chi connectivity index (χ2n) is 4.56. The van der Waals surface area contributed by atoms with Gasteiger partial charge in [-0.25, -0.2) is 0 Å². The van der Waals surface area contributed by atoms with Crippen molar-refractivity contribution in [3.8, 4) is 0 Å². The van der Waals surface area contributed by atoms with E-state index in [9.17, 15) is 0 Å². The predicted octanol–water partition coefficient (Wildman–Crippen LogP) is 4.16. The molecule has 0 unspecified atom stereocenters. The first-order valence-electron chi connectivity index (χ1n) is 5.88. The average Bonchev–Trinajstić information content (AvgIpc) is 2.20. The molecular weight excluding hydrogens is 220 g/mol. The third-order valence-electron chi connectivity index (χ3n) is 2.52. The standard InChI is InChI=1S/C13H21ClN2/c1-10(2)5-3-4-8-16-13-7-6-11(15)9-12(13)14/h6-7,9-10,16H,3-5,8,15H2,1-2H3. The highest BCUT2D eigenvalue weighted by molar-refractivity contribution is 6.33. The second kappa shape index (κ2) is 6.64. The number of anilines is 2. The van der Waals surface area contributed by atoms with Gasteiger partial charge in [0.2, 0.25) is 0 Å². The fraction of sp³-hybridized carbons (Fsp3) is 0.538. The zero-order valence-electron chi connectivity index (χ0n) is 10.1. The summed E-state index contributed by atoms with van der Waals surface area (Å²) >= 11 is 6.05. The van der Waals surface area contributed by atoms with Crippen LogP contribution in [0.15, 0.2) is 18.2 Å². The number of benzene rings is 1. The number of nitrogens with one attached hydrogen (secondary N) is 1. The van der Waals surface area contributed by atoms with Gasteiger partial charge in [0.1, 0.15) is 0 Å². The minimum Gasteiger partial charge on any atom is -0.399 e. The molecule has 1 aromatic rings. The fourth-order valence-electron chi connectivity index (χ4n) is 1.58. The second-order valence-corrected chi connectivity index (χ2v) is 4.96. The van der Waals surface area contributed by atoms with E-state index in [0.29, 0.717) is 10.7 Å². The number of hydrogen-bond donors (Lipinski definition) is 2. The van der Waals surface area contributed by atoms with Gasteiger partial charge in [0, 0.05) is 12.2 Å². The number of halogens is 1. The molecule has 0 aliphatic carbocycles. The van der Waals surface area contributed by atoms with Crippen molar-refractivity contribution in [2.75, 3.05) is 17.6 Å². The zero-order valence-corrected chi connectivity index (χ0v) is 10.8. The van der Waals surface area contributed by atoms with Crippen LogP contribution in [-0.4, -0.2) is 6.54 Å². The van der Waals surface area contributed by atoms with Crippen LogP contribution in [0.2, 0.25) is 5.02 Å². The molecule has 0 saturated heterocycles. The molecular formula is C13H21ClN2. The first kappa shape index (κ1) is 13.2. The third-order valence-corrected chi connectivity index (χ3v) is 2.83. The Bertz CT molecular complexity index is 324.